The Morgan fingerprint density at radius 2 is 2.00 bits per heavy atom. The Labute approximate surface area is 162 Å². The molecule has 0 bridgehead atoms. The Balaban J connectivity index is 2.02. The largest absolute Gasteiger partial charge is 0.485 e. The zero-order valence-electron chi connectivity index (χ0n) is 16.4. The summed E-state index contributed by atoms with van der Waals surface area (Å²) in [7, 11) is 0. The summed E-state index contributed by atoms with van der Waals surface area (Å²) in [4.78, 5) is 10.8. The number of hydrogen-bond donors (Lipinski definition) is 1. The van der Waals surface area contributed by atoms with Gasteiger partial charge in [0.2, 0.25) is 0 Å². The monoisotopic (exact) mass is 366 g/mol. The normalized spacial score (nSPS) is 17.0. The lowest BCUT2D eigenvalue weighted by Gasteiger charge is -2.26. The second kappa shape index (κ2) is 11.2. The average molecular weight is 367 g/mol. The number of allylic oxidation sites excluding steroid dienone is 4. The maximum Gasteiger partial charge on any atom is 0.328 e. The molecule has 144 valence electrons. The quantitative estimate of drug-likeness (QED) is 0.228. The summed E-state index contributed by atoms with van der Waals surface area (Å²) >= 11 is 0. The highest BCUT2D eigenvalue weighted by Gasteiger charge is 2.20. The summed E-state index contributed by atoms with van der Waals surface area (Å²) in [5.74, 6) is -0.00614. The van der Waals surface area contributed by atoms with Gasteiger partial charge in [-0.25, -0.2) is 4.79 Å². The SMILES string of the molecule is CC/C=C/CCCCCC1Oc2ccccc2C=C1/C=C/C(C)=C/C(=O)O. The van der Waals surface area contributed by atoms with Crippen LogP contribution in [-0.4, -0.2) is 17.2 Å². The second-order valence-electron chi connectivity index (χ2n) is 6.87. The van der Waals surface area contributed by atoms with Gasteiger partial charge in [-0.15, -0.1) is 0 Å². The molecular formula is C24H30O3. The molecule has 0 saturated carbocycles. The molecule has 27 heavy (non-hydrogen) atoms. The minimum atomic E-state index is -0.926. The number of benzene rings is 1. The van der Waals surface area contributed by atoms with Gasteiger partial charge < -0.3 is 9.84 Å². The van der Waals surface area contributed by atoms with Gasteiger partial charge in [-0.05, 0) is 62.3 Å². The van der Waals surface area contributed by atoms with Crippen molar-refractivity contribution < 1.29 is 14.6 Å². The first-order valence-corrected chi connectivity index (χ1v) is 9.81. The van der Waals surface area contributed by atoms with Gasteiger partial charge in [-0.1, -0.05) is 55.8 Å². The molecule has 2 rings (SSSR count). The zero-order valence-corrected chi connectivity index (χ0v) is 16.4. The molecule has 1 atom stereocenters. The van der Waals surface area contributed by atoms with E-state index in [9.17, 15) is 4.79 Å². The van der Waals surface area contributed by atoms with Crippen LogP contribution in [0.4, 0.5) is 0 Å². The highest BCUT2D eigenvalue weighted by Crippen LogP contribution is 2.32. The number of para-hydroxylation sites is 1. The molecule has 0 saturated heterocycles. The fourth-order valence-corrected chi connectivity index (χ4v) is 3.11. The molecule has 1 aromatic rings. The van der Waals surface area contributed by atoms with Crippen molar-refractivity contribution in [1.82, 2.24) is 0 Å². The number of carboxylic acid groups (broad SMARTS) is 1. The van der Waals surface area contributed by atoms with Crippen LogP contribution < -0.4 is 4.74 Å². The van der Waals surface area contributed by atoms with Crippen molar-refractivity contribution in [1.29, 1.82) is 0 Å². The smallest absolute Gasteiger partial charge is 0.328 e. The van der Waals surface area contributed by atoms with Gasteiger partial charge in [-0.2, -0.15) is 0 Å². The Bertz CT molecular complexity index is 738. The van der Waals surface area contributed by atoms with Crippen LogP contribution in [0, 0.1) is 0 Å². The minimum absolute atomic E-state index is 0.0139. The molecule has 0 radical (unpaired) electrons. The summed E-state index contributed by atoms with van der Waals surface area (Å²) in [6.07, 6.45) is 18.4. The van der Waals surface area contributed by atoms with Crippen LogP contribution in [0.2, 0.25) is 0 Å². The molecule has 3 nitrogen and oxygen atoms in total. The van der Waals surface area contributed by atoms with E-state index in [2.05, 4.69) is 25.2 Å². The van der Waals surface area contributed by atoms with Crippen LogP contribution in [0.3, 0.4) is 0 Å². The fraction of sp³-hybridized carbons (Fsp3) is 0.375. The number of hydrogen-bond acceptors (Lipinski definition) is 2. The molecular weight excluding hydrogens is 336 g/mol. The number of fused-ring (bicyclic) bond motifs is 1. The van der Waals surface area contributed by atoms with Crippen LogP contribution >= 0.6 is 0 Å². The lowest BCUT2D eigenvalue weighted by molar-refractivity contribution is -0.131. The third-order valence-corrected chi connectivity index (χ3v) is 4.51. The molecule has 0 spiro atoms. The van der Waals surface area contributed by atoms with E-state index in [4.69, 9.17) is 9.84 Å². The number of carbonyl (C=O) groups is 1. The number of carboxylic acids is 1. The van der Waals surface area contributed by atoms with Gasteiger partial charge in [-0.3, -0.25) is 0 Å². The number of unbranched alkanes of at least 4 members (excludes halogenated alkanes) is 3. The maximum absolute atomic E-state index is 10.8. The van der Waals surface area contributed by atoms with Crippen LogP contribution in [0.1, 0.15) is 57.9 Å². The third-order valence-electron chi connectivity index (χ3n) is 4.51. The molecule has 0 aliphatic carbocycles. The molecule has 0 aromatic heterocycles. The van der Waals surface area contributed by atoms with Gasteiger partial charge in [0, 0.05) is 11.6 Å². The predicted molar refractivity (Wildman–Crippen MR) is 112 cm³/mol. The lowest BCUT2D eigenvalue weighted by Crippen LogP contribution is -2.21. The number of ether oxygens (including phenoxy) is 1. The van der Waals surface area contributed by atoms with Gasteiger partial charge in [0.05, 0.1) is 0 Å². The molecule has 1 heterocycles. The van der Waals surface area contributed by atoms with E-state index in [0.717, 1.165) is 42.6 Å². The Kier molecular flexibility index (Phi) is 8.63. The summed E-state index contributed by atoms with van der Waals surface area (Å²) in [6, 6.07) is 8.04. The molecule has 0 amide bonds. The number of aliphatic carboxylic acids is 1. The highest BCUT2D eigenvalue weighted by atomic mass is 16.5. The molecule has 1 N–H and O–H groups in total. The van der Waals surface area contributed by atoms with Crippen LogP contribution in [0.15, 0.2) is 65.8 Å². The van der Waals surface area contributed by atoms with E-state index < -0.39 is 5.97 Å². The third kappa shape index (κ3) is 7.30. The van der Waals surface area contributed by atoms with Crippen molar-refractivity contribution in [2.75, 3.05) is 0 Å². The second-order valence-corrected chi connectivity index (χ2v) is 6.87. The van der Waals surface area contributed by atoms with Crippen molar-refractivity contribution in [2.45, 2.75) is 58.5 Å². The average Bonchev–Trinajstić information content (AvgIpc) is 2.65. The summed E-state index contributed by atoms with van der Waals surface area (Å²) < 4.78 is 6.23. The van der Waals surface area contributed by atoms with E-state index >= 15 is 0 Å². The van der Waals surface area contributed by atoms with Gasteiger partial charge >= 0.3 is 5.97 Å². The van der Waals surface area contributed by atoms with Crippen molar-refractivity contribution >= 4 is 12.0 Å². The van der Waals surface area contributed by atoms with Crippen molar-refractivity contribution in [3.05, 3.63) is 71.4 Å². The Hall–Kier alpha value is -2.55. The minimum Gasteiger partial charge on any atom is -0.485 e. The van der Waals surface area contributed by atoms with E-state index in [0.29, 0.717) is 5.57 Å². The molecule has 3 heteroatoms. The summed E-state index contributed by atoms with van der Waals surface area (Å²) in [5, 5.41) is 8.87. The first-order chi connectivity index (χ1) is 13.1. The van der Waals surface area contributed by atoms with Crippen molar-refractivity contribution in [2.24, 2.45) is 0 Å². The van der Waals surface area contributed by atoms with Gasteiger partial charge in [0.25, 0.3) is 0 Å². The summed E-state index contributed by atoms with van der Waals surface area (Å²) in [5.41, 5.74) is 2.87. The van der Waals surface area contributed by atoms with Crippen molar-refractivity contribution in [3.8, 4) is 5.75 Å². The van der Waals surface area contributed by atoms with E-state index in [1.807, 2.05) is 36.4 Å². The van der Waals surface area contributed by atoms with Crippen LogP contribution in [-0.2, 0) is 4.79 Å². The Morgan fingerprint density at radius 3 is 2.78 bits per heavy atom. The molecule has 1 unspecified atom stereocenters. The summed E-state index contributed by atoms with van der Waals surface area (Å²) in [6.45, 7) is 3.95. The highest BCUT2D eigenvalue weighted by molar-refractivity contribution is 5.81. The van der Waals surface area contributed by atoms with E-state index in [1.54, 1.807) is 6.92 Å². The lowest BCUT2D eigenvalue weighted by atomic mass is 9.96. The molecule has 0 fully saturated rings. The Morgan fingerprint density at radius 1 is 1.19 bits per heavy atom. The standard InChI is InChI=1S/C24H30O3/c1-3-4-5-6-7-8-9-13-23-21(16-15-19(2)17-24(25)26)18-20-12-10-11-14-22(20)27-23/h4-5,10-12,14-18,23H,3,6-9,13H2,1-2H3,(H,25,26)/b5-4+,16-15+,19-17+. The van der Waals surface area contributed by atoms with Gasteiger partial charge in [0.15, 0.2) is 0 Å². The number of rotatable bonds is 10. The molecule has 1 aromatic carbocycles. The predicted octanol–water partition coefficient (Wildman–Crippen LogP) is 6.33. The van der Waals surface area contributed by atoms with Crippen molar-refractivity contribution in [3.63, 3.8) is 0 Å². The fourth-order valence-electron chi connectivity index (χ4n) is 3.11. The van der Waals surface area contributed by atoms with Crippen LogP contribution in [0.25, 0.3) is 6.08 Å². The van der Waals surface area contributed by atoms with Gasteiger partial charge in [0.1, 0.15) is 11.9 Å². The molecule has 1 aliphatic rings. The van der Waals surface area contributed by atoms with E-state index in [1.165, 1.54) is 18.9 Å². The van der Waals surface area contributed by atoms with Crippen LogP contribution in [0.5, 0.6) is 5.75 Å². The first-order valence-electron chi connectivity index (χ1n) is 9.81. The topological polar surface area (TPSA) is 46.5 Å². The van der Waals surface area contributed by atoms with E-state index in [-0.39, 0.29) is 6.10 Å². The first kappa shape index (κ1) is 20.8. The molecule has 1 aliphatic heterocycles. The maximum atomic E-state index is 10.8. The zero-order chi connectivity index (χ0) is 19.5.